The number of halogens is 1. The largest absolute Gasteiger partial charge is 0.380 e. The molecule has 1 unspecified atom stereocenters. The molecule has 2 amide bonds. The van der Waals surface area contributed by atoms with Gasteiger partial charge in [-0.1, -0.05) is 54.2 Å². The van der Waals surface area contributed by atoms with Crippen LogP contribution in [0.15, 0.2) is 59.6 Å². The molecule has 6 nitrogen and oxygen atoms in total. The summed E-state index contributed by atoms with van der Waals surface area (Å²) in [5, 5.41) is 2.62. The zero-order valence-corrected chi connectivity index (χ0v) is 17.5. The molecule has 0 aliphatic carbocycles. The van der Waals surface area contributed by atoms with Crippen LogP contribution in [0.3, 0.4) is 0 Å². The van der Waals surface area contributed by atoms with Crippen molar-refractivity contribution in [3.63, 3.8) is 0 Å². The molecule has 1 saturated heterocycles. The highest BCUT2D eigenvalue weighted by molar-refractivity contribution is 8.15. The Morgan fingerprint density at radius 1 is 1.20 bits per heavy atom. The van der Waals surface area contributed by atoms with Crippen LogP contribution in [0.5, 0.6) is 0 Å². The number of hydrogen-bond acceptors (Lipinski definition) is 5. The minimum Gasteiger partial charge on any atom is -0.380 e. The third-order valence-corrected chi connectivity index (χ3v) is 5.63. The van der Waals surface area contributed by atoms with Crippen LogP contribution in [-0.2, 0) is 20.9 Å². The number of thioether (sulfide) groups is 1. The number of amides is 2. The van der Waals surface area contributed by atoms with Gasteiger partial charge in [-0.05, 0) is 24.6 Å². The van der Waals surface area contributed by atoms with Crippen LogP contribution in [-0.4, -0.2) is 46.9 Å². The van der Waals surface area contributed by atoms with Crippen molar-refractivity contribution in [1.82, 2.24) is 10.2 Å². The van der Waals surface area contributed by atoms with E-state index in [-0.39, 0.29) is 23.9 Å². The number of ether oxygens (including phenoxy) is 1. The van der Waals surface area contributed by atoms with Gasteiger partial charge in [0.25, 0.3) is 0 Å². The Labute approximate surface area is 179 Å². The Balaban J connectivity index is 1.68. The number of nitrogens with one attached hydrogen (secondary N) is 1. The first kappa shape index (κ1) is 22.0. The van der Waals surface area contributed by atoms with Gasteiger partial charge >= 0.3 is 0 Å². The number of amidine groups is 1. The molecule has 3 rings (SSSR count). The van der Waals surface area contributed by atoms with Crippen LogP contribution in [0, 0.1) is 5.82 Å². The smallest absolute Gasteiger partial charge is 0.242 e. The summed E-state index contributed by atoms with van der Waals surface area (Å²) in [6, 6.07) is 15.7. The maximum atomic E-state index is 14.0. The summed E-state index contributed by atoms with van der Waals surface area (Å²) in [6.45, 7) is 3.44. The molecule has 8 heteroatoms. The summed E-state index contributed by atoms with van der Waals surface area (Å²) in [4.78, 5) is 31.1. The van der Waals surface area contributed by atoms with Crippen molar-refractivity contribution in [3.05, 3.63) is 66.0 Å². The van der Waals surface area contributed by atoms with E-state index in [0.29, 0.717) is 31.5 Å². The summed E-state index contributed by atoms with van der Waals surface area (Å²) in [7, 11) is 0. The van der Waals surface area contributed by atoms with Crippen molar-refractivity contribution < 1.29 is 18.7 Å². The summed E-state index contributed by atoms with van der Waals surface area (Å²) in [6.07, 6.45) is 0.0256. The molecular formula is C22H24FN3O3S. The third-order valence-electron chi connectivity index (χ3n) is 4.46. The van der Waals surface area contributed by atoms with Crippen LogP contribution < -0.4 is 5.32 Å². The predicted molar refractivity (Wildman–Crippen MR) is 116 cm³/mol. The molecule has 1 aliphatic heterocycles. The second-order valence-corrected chi connectivity index (χ2v) is 7.78. The van der Waals surface area contributed by atoms with Crippen LogP contribution in [0.2, 0.25) is 0 Å². The van der Waals surface area contributed by atoms with Crippen LogP contribution in [0.25, 0.3) is 0 Å². The zero-order valence-electron chi connectivity index (χ0n) is 16.7. The van der Waals surface area contributed by atoms with Gasteiger partial charge in [-0.25, -0.2) is 9.38 Å². The van der Waals surface area contributed by atoms with E-state index in [9.17, 15) is 14.0 Å². The molecule has 0 aromatic heterocycles. The second-order valence-electron chi connectivity index (χ2n) is 6.61. The molecule has 1 aliphatic rings. The van der Waals surface area contributed by atoms with E-state index in [1.165, 1.54) is 22.7 Å². The highest BCUT2D eigenvalue weighted by atomic mass is 32.2. The molecule has 0 radical (unpaired) electrons. The van der Waals surface area contributed by atoms with E-state index >= 15 is 0 Å². The number of rotatable bonds is 9. The standard InChI is InChI=1S/C22H24FN3O3S/c1-2-29-13-12-26-21(28)19(14-20(27)24-15-16-8-4-3-5-9-16)30-22(26)25-18-11-7-6-10-17(18)23/h3-11,19H,2,12-15H2,1H3,(H,24,27). The normalized spacial score (nSPS) is 17.5. The van der Waals surface area contributed by atoms with Crippen LogP contribution in [0.4, 0.5) is 10.1 Å². The van der Waals surface area contributed by atoms with E-state index in [0.717, 1.165) is 5.56 Å². The minimum atomic E-state index is -0.604. The molecule has 1 atom stereocenters. The van der Waals surface area contributed by atoms with Crippen molar-refractivity contribution in [2.24, 2.45) is 4.99 Å². The molecular weight excluding hydrogens is 405 g/mol. The predicted octanol–water partition coefficient (Wildman–Crippen LogP) is 3.50. The Morgan fingerprint density at radius 2 is 1.93 bits per heavy atom. The van der Waals surface area contributed by atoms with Gasteiger partial charge in [0.15, 0.2) is 5.17 Å². The Hall–Kier alpha value is -2.71. The molecule has 2 aromatic carbocycles. The lowest BCUT2D eigenvalue weighted by Crippen LogP contribution is -2.36. The fourth-order valence-electron chi connectivity index (χ4n) is 2.91. The number of para-hydroxylation sites is 1. The first-order valence-corrected chi connectivity index (χ1v) is 10.7. The fraction of sp³-hybridized carbons (Fsp3) is 0.318. The van der Waals surface area contributed by atoms with Gasteiger partial charge in [-0.15, -0.1) is 0 Å². The lowest BCUT2D eigenvalue weighted by atomic mass is 10.2. The van der Waals surface area contributed by atoms with Crippen molar-refractivity contribution in [1.29, 1.82) is 0 Å². The van der Waals surface area contributed by atoms with E-state index < -0.39 is 11.1 Å². The summed E-state index contributed by atoms with van der Waals surface area (Å²) in [5.74, 6) is -0.905. The monoisotopic (exact) mass is 429 g/mol. The summed E-state index contributed by atoms with van der Waals surface area (Å²) in [5.41, 5.74) is 1.14. The molecule has 0 bridgehead atoms. The molecule has 1 heterocycles. The SMILES string of the molecule is CCOCCN1C(=O)C(CC(=O)NCc2ccccc2)SC1=Nc1ccccc1F. The molecule has 2 aromatic rings. The number of aliphatic imine (C=N–C) groups is 1. The number of nitrogens with zero attached hydrogens (tertiary/aromatic N) is 2. The molecule has 0 spiro atoms. The van der Waals surface area contributed by atoms with E-state index in [2.05, 4.69) is 10.3 Å². The lowest BCUT2D eigenvalue weighted by molar-refractivity contribution is -0.129. The molecule has 1 fully saturated rings. The molecule has 0 saturated carbocycles. The maximum Gasteiger partial charge on any atom is 0.242 e. The second kappa shape index (κ2) is 10.9. The zero-order chi connectivity index (χ0) is 21.3. The molecule has 1 N–H and O–H groups in total. The van der Waals surface area contributed by atoms with Gasteiger partial charge in [0.2, 0.25) is 11.8 Å². The molecule has 30 heavy (non-hydrogen) atoms. The molecule has 158 valence electrons. The van der Waals surface area contributed by atoms with Gasteiger partial charge in [0.05, 0.1) is 13.2 Å². The first-order chi connectivity index (χ1) is 14.6. The average molecular weight is 430 g/mol. The number of benzene rings is 2. The van der Waals surface area contributed by atoms with Gasteiger partial charge in [0.1, 0.15) is 16.8 Å². The van der Waals surface area contributed by atoms with Gasteiger partial charge in [-0.2, -0.15) is 0 Å². The van der Waals surface area contributed by atoms with Crippen LogP contribution >= 0.6 is 11.8 Å². The minimum absolute atomic E-state index is 0.0256. The highest BCUT2D eigenvalue weighted by Gasteiger charge is 2.39. The topological polar surface area (TPSA) is 71.0 Å². The number of carbonyl (C=O) groups is 2. The summed E-state index contributed by atoms with van der Waals surface area (Å²) < 4.78 is 19.4. The van der Waals surface area contributed by atoms with Gasteiger partial charge < -0.3 is 10.1 Å². The van der Waals surface area contributed by atoms with Gasteiger partial charge in [0, 0.05) is 19.6 Å². The fourth-order valence-corrected chi connectivity index (χ4v) is 4.09. The van der Waals surface area contributed by atoms with E-state index in [1.807, 2.05) is 37.3 Å². The average Bonchev–Trinajstić information content (AvgIpc) is 3.03. The lowest BCUT2D eigenvalue weighted by Gasteiger charge is -2.16. The maximum absolute atomic E-state index is 14.0. The van der Waals surface area contributed by atoms with E-state index in [1.54, 1.807) is 18.2 Å². The van der Waals surface area contributed by atoms with Crippen LogP contribution in [0.1, 0.15) is 18.9 Å². The highest BCUT2D eigenvalue weighted by Crippen LogP contribution is 2.32. The van der Waals surface area contributed by atoms with Crippen molar-refractivity contribution in [2.75, 3.05) is 19.8 Å². The van der Waals surface area contributed by atoms with Crippen molar-refractivity contribution >= 4 is 34.4 Å². The van der Waals surface area contributed by atoms with Gasteiger partial charge in [-0.3, -0.25) is 14.5 Å². The number of hydrogen-bond donors (Lipinski definition) is 1. The van der Waals surface area contributed by atoms with Crippen molar-refractivity contribution in [2.45, 2.75) is 25.1 Å². The number of carbonyl (C=O) groups excluding carboxylic acids is 2. The first-order valence-electron chi connectivity index (χ1n) is 9.78. The Bertz CT molecular complexity index is 908. The Kier molecular flexibility index (Phi) is 7.98. The van der Waals surface area contributed by atoms with Crippen molar-refractivity contribution in [3.8, 4) is 0 Å². The summed E-state index contributed by atoms with van der Waals surface area (Å²) >= 11 is 1.18. The van der Waals surface area contributed by atoms with E-state index in [4.69, 9.17) is 4.74 Å². The Morgan fingerprint density at radius 3 is 2.67 bits per heavy atom. The third kappa shape index (κ3) is 5.90. The quantitative estimate of drug-likeness (QED) is 0.620.